The van der Waals surface area contributed by atoms with Gasteiger partial charge in [0.05, 0.1) is 0 Å². The normalized spacial score (nSPS) is 16.4. The Kier molecular flexibility index (Phi) is 2.16. The average molecular weight is 159 g/mol. The highest BCUT2D eigenvalue weighted by atomic mass is 14.2. The van der Waals surface area contributed by atoms with Gasteiger partial charge in [-0.1, -0.05) is 37.6 Å². The Morgan fingerprint density at radius 2 is 2.17 bits per heavy atom. The second kappa shape index (κ2) is 3.30. The summed E-state index contributed by atoms with van der Waals surface area (Å²) in [6.45, 7) is 2.26. The van der Waals surface area contributed by atoms with E-state index >= 15 is 0 Å². The molecule has 2 rings (SSSR count). The molecule has 0 nitrogen and oxygen atoms in total. The topological polar surface area (TPSA) is 0 Å². The van der Waals surface area contributed by atoms with E-state index in [9.17, 15) is 0 Å². The third-order valence-electron chi connectivity index (χ3n) is 2.61. The van der Waals surface area contributed by atoms with Gasteiger partial charge in [-0.25, -0.2) is 0 Å². The van der Waals surface area contributed by atoms with Crippen LogP contribution in [0, 0.1) is 12.3 Å². The zero-order valence-electron chi connectivity index (χ0n) is 7.59. The fraction of sp³-hybridized carbons (Fsp3) is 0.417. The van der Waals surface area contributed by atoms with E-state index in [1.54, 1.807) is 0 Å². The highest BCUT2D eigenvalue weighted by Crippen LogP contribution is 2.30. The lowest BCUT2D eigenvalue weighted by atomic mass is 10.0. The number of fused-ring (bicyclic) bond motifs is 1. The highest BCUT2D eigenvalue weighted by Gasteiger charge is 2.19. The minimum absolute atomic E-state index is 0.812. The van der Waals surface area contributed by atoms with Gasteiger partial charge in [-0.15, -0.1) is 0 Å². The van der Waals surface area contributed by atoms with Crippen molar-refractivity contribution in [3.05, 3.63) is 41.8 Å². The summed E-state index contributed by atoms with van der Waals surface area (Å²) in [6.07, 6.45) is 6.34. The van der Waals surface area contributed by atoms with Crippen molar-refractivity contribution in [2.75, 3.05) is 0 Å². The predicted molar refractivity (Wildman–Crippen MR) is 51.9 cm³/mol. The summed E-state index contributed by atoms with van der Waals surface area (Å²) in [5.74, 6) is 0.812. The van der Waals surface area contributed by atoms with Gasteiger partial charge in [0.15, 0.2) is 0 Å². The van der Waals surface area contributed by atoms with Gasteiger partial charge < -0.3 is 0 Å². The summed E-state index contributed by atoms with van der Waals surface area (Å²) >= 11 is 0. The van der Waals surface area contributed by atoms with Crippen LogP contribution in [0.1, 0.15) is 30.9 Å². The van der Waals surface area contributed by atoms with Crippen LogP contribution in [-0.4, -0.2) is 0 Å². The maximum Gasteiger partial charge on any atom is -0.00560 e. The number of benzene rings is 1. The van der Waals surface area contributed by atoms with Crippen LogP contribution in [-0.2, 0) is 6.42 Å². The summed E-state index contributed by atoms with van der Waals surface area (Å²) in [4.78, 5) is 0. The van der Waals surface area contributed by atoms with Crippen LogP contribution >= 0.6 is 0 Å². The Balaban J connectivity index is 2.11. The van der Waals surface area contributed by atoms with Gasteiger partial charge in [-0.05, 0) is 36.3 Å². The maximum absolute atomic E-state index is 2.43. The molecule has 0 saturated carbocycles. The first kappa shape index (κ1) is 7.85. The van der Waals surface area contributed by atoms with Gasteiger partial charge >= 0.3 is 0 Å². The van der Waals surface area contributed by atoms with Crippen LogP contribution in [0.4, 0.5) is 0 Å². The first-order valence-electron chi connectivity index (χ1n) is 4.83. The number of rotatable bonds is 2. The highest BCUT2D eigenvalue weighted by molar-refractivity contribution is 5.38. The Labute approximate surface area is 74.6 Å². The SMILES string of the molecule is CCCC1[CH]c2ccccc2C1. The molecular formula is C12H15. The molecule has 0 saturated heterocycles. The van der Waals surface area contributed by atoms with Gasteiger partial charge in [0, 0.05) is 0 Å². The molecule has 12 heavy (non-hydrogen) atoms. The molecule has 63 valence electrons. The van der Waals surface area contributed by atoms with Gasteiger partial charge in [-0.3, -0.25) is 0 Å². The first-order valence-corrected chi connectivity index (χ1v) is 4.83. The molecule has 0 heteroatoms. The summed E-state index contributed by atoms with van der Waals surface area (Å²) in [6, 6.07) is 8.75. The molecule has 1 aliphatic rings. The van der Waals surface area contributed by atoms with Crippen LogP contribution in [0.5, 0.6) is 0 Å². The van der Waals surface area contributed by atoms with Crippen LogP contribution in [0.15, 0.2) is 24.3 Å². The van der Waals surface area contributed by atoms with E-state index in [0.717, 1.165) is 5.92 Å². The van der Waals surface area contributed by atoms with E-state index in [4.69, 9.17) is 0 Å². The zero-order valence-corrected chi connectivity index (χ0v) is 7.59. The van der Waals surface area contributed by atoms with E-state index < -0.39 is 0 Å². The van der Waals surface area contributed by atoms with Gasteiger partial charge in [-0.2, -0.15) is 0 Å². The third kappa shape index (κ3) is 1.38. The van der Waals surface area contributed by atoms with Crippen molar-refractivity contribution in [1.82, 2.24) is 0 Å². The molecule has 0 amide bonds. The second-order valence-corrected chi connectivity index (χ2v) is 3.62. The largest absolute Gasteiger partial charge is 0.0654 e. The average Bonchev–Trinajstić information content (AvgIpc) is 2.47. The molecule has 0 aromatic heterocycles. The Hall–Kier alpha value is -0.780. The quantitative estimate of drug-likeness (QED) is 0.621. The van der Waals surface area contributed by atoms with Crippen LogP contribution in [0.2, 0.25) is 0 Å². The molecule has 0 spiro atoms. The van der Waals surface area contributed by atoms with E-state index in [-0.39, 0.29) is 0 Å². The Morgan fingerprint density at radius 3 is 2.92 bits per heavy atom. The Bertz CT molecular complexity index is 237. The molecule has 0 heterocycles. The standard InChI is InChI=1S/C12H15/c1-2-5-10-8-11-6-3-4-7-12(11)9-10/h3-4,6-8,10H,2,5,9H2,1H3. The molecule has 0 bridgehead atoms. The lowest BCUT2D eigenvalue weighted by Gasteiger charge is -2.04. The summed E-state index contributed by atoms with van der Waals surface area (Å²) in [7, 11) is 0. The summed E-state index contributed by atoms with van der Waals surface area (Å²) in [5, 5.41) is 0. The number of hydrogen-bond acceptors (Lipinski definition) is 0. The Morgan fingerprint density at radius 1 is 1.33 bits per heavy atom. The van der Waals surface area contributed by atoms with Gasteiger partial charge in [0.2, 0.25) is 0 Å². The summed E-state index contributed by atoms with van der Waals surface area (Å²) in [5.41, 5.74) is 3.01. The minimum Gasteiger partial charge on any atom is -0.0654 e. The van der Waals surface area contributed by atoms with Crippen molar-refractivity contribution in [2.24, 2.45) is 5.92 Å². The van der Waals surface area contributed by atoms with Crippen LogP contribution in [0.3, 0.4) is 0 Å². The van der Waals surface area contributed by atoms with Crippen molar-refractivity contribution in [2.45, 2.75) is 26.2 Å². The fourth-order valence-electron chi connectivity index (χ4n) is 2.03. The third-order valence-corrected chi connectivity index (χ3v) is 2.61. The predicted octanol–water partition coefficient (Wildman–Crippen LogP) is 3.21. The van der Waals surface area contributed by atoms with Gasteiger partial charge in [0.1, 0.15) is 0 Å². The van der Waals surface area contributed by atoms with Gasteiger partial charge in [0.25, 0.3) is 0 Å². The molecule has 1 aromatic carbocycles. The molecule has 1 radical (unpaired) electrons. The lowest BCUT2D eigenvalue weighted by molar-refractivity contribution is 0.575. The van der Waals surface area contributed by atoms with Crippen molar-refractivity contribution in [3.63, 3.8) is 0 Å². The van der Waals surface area contributed by atoms with Crippen molar-refractivity contribution in [1.29, 1.82) is 0 Å². The van der Waals surface area contributed by atoms with Crippen molar-refractivity contribution < 1.29 is 0 Å². The first-order chi connectivity index (χ1) is 5.90. The molecule has 0 fully saturated rings. The summed E-state index contributed by atoms with van der Waals surface area (Å²) < 4.78 is 0. The molecule has 0 aliphatic heterocycles. The smallest absolute Gasteiger partial charge is 0.00560 e. The van der Waals surface area contributed by atoms with E-state index in [0.29, 0.717) is 0 Å². The maximum atomic E-state index is 2.43. The fourth-order valence-corrected chi connectivity index (χ4v) is 2.03. The molecule has 0 N–H and O–H groups in total. The second-order valence-electron chi connectivity index (χ2n) is 3.62. The van der Waals surface area contributed by atoms with E-state index in [1.807, 2.05) is 0 Å². The molecule has 1 atom stereocenters. The molecular weight excluding hydrogens is 144 g/mol. The number of hydrogen-bond donors (Lipinski definition) is 0. The van der Waals surface area contributed by atoms with Crippen LogP contribution in [0.25, 0.3) is 0 Å². The van der Waals surface area contributed by atoms with Crippen molar-refractivity contribution in [3.8, 4) is 0 Å². The van der Waals surface area contributed by atoms with Crippen LogP contribution < -0.4 is 0 Å². The molecule has 1 aromatic rings. The van der Waals surface area contributed by atoms with E-state index in [2.05, 4.69) is 37.6 Å². The zero-order chi connectivity index (χ0) is 8.39. The lowest BCUT2D eigenvalue weighted by Crippen LogP contribution is -1.95. The monoisotopic (exact) mass is 159 g/mol. The molecule has 1 aliphatic carbocycles. The minimum atomic E-state index is 0.812. The van der Waals surface area contributed by atoms with E-state index in [1.165, 1.54) is 30.4 Å². The van der Waals surface area contributed by atoms with Crippen molar-refractivity contribution >= 4 is 0 Å². The molecule has 1 unspecified atom stereocenters.